The molecule has 0 fully saturated rings. The minimum atomic E-state index is -3.44. The van der Waals surface area contributed by atoms with Crippen LogP contribution in [0.5, 0.6) is 11.5 Å². The van der Waals surface area contributed by atoms with Gasteiger partial charge in [-0.05, 0) is 70.1 Å². The number of halogens is 3. The van der Waals surface area contributed by atoms with Crippen molar-refractivity contribution < 1.29 is 37.2 Å². The minimum Gasteiger partial charge on any atom is -0.463 e. The van der Waals surface area contributed by atoms with Crippen LogP contribution in [-0.2, 0) is 28.2 Å². The molecule has 2 rings (SSSR count). The molecule has 3 atom stereocenters. The first-order chi connectivity index (χ1) is 17.9. The van der Waals surface area contributed by atoms with Crippen LogP contribution < -0.4 is 14.8 Å². The fourth-order valence-electron chi connectivity index (χ4n) is 2.37. The van der Waals surface area contributed by atoms with E-state index in [0.717, 1.165) is 0 Å². The van der Waals surface area contributed by atoms with Crippen molar-refractivity contribution in [1.29, 1.82) is 0 Å². The second-order valence-electron chi connectivity index (χ2n) is 8.66. The van der Waals surface area contributed by atoms with Crippen LogP contribution in [0.3, 0.4) is 0 Å². The van der Waals surface area contributed by atoms with Gasteiger partial charge in [0.05, 0.1) is 24.3 Å². The zero-order chi connectivity index (χ0) is 30.2. The highest BCUT2D eigenvalue weighted by molar-refractivity contribution is 8.05. The smallest absolute Gasteiger partial charge is 0.428 e. The molecular formula is C25H36Cl3NO8P2. The molecule has 0 amide bonds. The minimum absolute atomic E-state index is 0.0605. The highest BCUT2D eigenvalue weighted by Crippen LogP contribution is 2.57. The normalized spacial score (nSPS) is 13.8. The predicted octanol–water partition coefficient (Wildman–Crippen LogP) is 8.02. The van der Waals surface area contributed by atoms with E-state index in [0.29, 0.717) is 11.5 Å². The van der Waals surface area contributed by atoms with Gasteiger partial charge in [-0.1, -0.05) is 43.3 Å². The molecule has 39 heavy (non-hydrogen) atoms. The Morgan fingerprint density at radius 3 is 1.44 bits per heavy atom. The molecule has 14 heteroatoms. The summed E-state index contributed by atoms with van der Waals surface area (Å²) in [6.07, 6.45) is -3.78. The monoisotopic (exact) mass is 645 g/mol. The largest absolute Gasteiger partial charge is 0.463 e. The molecule has 220 valence electrons. The number of carbonyl (C=O) groups excluding carboxylic acids is 2. The number of esters is 2. The highest BCUT2D eigenvalue weighted by Gasteiger charge is 2.29. The number of hydrogen-bond acceptors (Lipinski definition) is 9. The fraction of sp³-hybridized carbons (Fsp3) is 0.440. The molecule has 9 nitrogen and oxygen atoms in total. The first kappa shape index (κ1) is 37.3. The molecule has 0 spiro atoms. The third kappa shape index (κ3) is 20.8. The Morgan fingerprint density at radius 1 is 0.718 bits per heavy atom. The Labute approximate surface area is 244 Å². The molecule has 2 N–H and O–H groups in total. The van der Waals surface area contributed by atoms with Crippen LogP contribution in [0.15, 0.2) is 60.7 Å². The average Bonchev–Trinajstić information content (AvgIpc) is 2.78. The number of para-hydroxylation sites is 2. The lowest BCUT2D eigenvalue weighted by Crippen LogP contribution is -2.30. The Hall–Kier alpha value is -1.73. The fourth-order valence-corrected chi connectivity index (χ4v) is 5.39. The second kappa shape index (κ2) is 18.6. The summed E-state index contributed by atoms with van der Waals surface area (Å²) in [5, 5.41) is 0. The summed E-state index contributed by atoms with van der Waals surface area (Å²) in [6, 6.07) is 16.7. The maximum Gasteiger partial charge on any atom is 0.428 e. The zero-order valence-corrected chi connectivity index (χ0v) is 26.7. The molecule has 0 saturated heterocycles. The molecule has 0 radical (unpaired) electrons. The lowest BCUT2D eigenvalue weighted by Gasteiger charge is -2.17. The van der Waals surface area contributed by atoms with E-state index in [-0.39, 0.29) is 24.3 Å². The van der Waals surface area contributed by atoms with Crippen molar-refractivity contribution in [2.24, 2.45) is 11.7 Å². The number of carbonyl (C=O) groups is 2. The van der Waals surface area contributed by atoms with Gasteiger partial charge in [0.1, 0.15) is 17.5 Å². The molecule has 0 aliphatic rings. The van der Waals surface area contributed by atoms with Crippen LogP contribution in [0, 0.1) is 5.92 Å². The summed E-state index contributed by atoms with van der Waals surface area (Å²) in [5.41, 5.74) is 5.21. The summed E-state index contributed by atoms with van der Waals surface area (Å²) in [4.78, 5) is 22.2. The van der Waals surface area contributed by atoms with E-state index in [1.54, 1.807) is 96.1 Å². The Balaban J connectivity index is 0.000000612. The lowest BCUT2D eigenvalue weighted by atomic mass is 10.2. The van der Waals surface area contributed by atoms with Gasteiger partial charge >= 0.3 is 24.7 Å². The second-order valence-corrected chi connectivity index (χ2v) is 16.1. The van der Waals surface area contributed by atoms with Gasteiger partial charge in [0.25, 0.3) is 0 Å². The third-order valence-electron chi connectivity index (χ3n) is 3.91. The summed E-state index contributed by atoms with van der Waals surface area (Å²) < 4.78 is 42.5. The Kier molecular flexibility index (Phi) is 17.8. The van der Waals surface area contributed by atoms with Gasteiger partial charge in [-0.3, -0.25) is 14.2 Å². The molecule has 0 heterocycles. The maximum absolute atomic E-state index is 12.1. The number of nitrogens with two attached hydrogens (primary N) is 1. The van der Waals surface area contributed by atoms with E-state index >= 15 is 0 Å². The Morgan fingerprint density at radius 2 is 1.10 bits per heavy atom. The summed E-state index contributed by atoms with van der Waals surface area (Å²) in [5.74, 6) is -0.516. The molecule has 0 aliphatic heterocycles. The third-order valence-corrected chi connectivity index (χ3v) is 6.84. The van der Waals surface area contributed by atoms with E-state index in [1.165, 1.54) is 0 Å². The standard InChI is InChI=1S/C13H18ClO4P.C6H5Cl2O2P.C6H13NO2/c1-10(2)17-13(15)11(3)9-19(14,16)18-12-7-5-4-6-8-12;7-11(8,9)10-6-4-2-1-3-5-6;1-4(2)9-6(8)5(3)7/h4-8,10-11H,9H2,1-3H3;1-5H;4-5H,7H2,1-3H3/t11-,19?;;5-/m1.0/s1. The highest BCUT2D eigenvalue weighted by atomic mass is 35.9. The molecule has 0 aromatic heterocycles. The molecular weight excluding hydrogens is 611 g/mol. The van der Waals surface area contributed by atoms with Gasteiger partial charge < -0.3 is 24.3 Å². The van der Waals surface area contributed by atoms with Gasteiger partial charge in [-0.25, -0.2) is 4.57 Å². The molecule has 0 bridgehead atoms. The number of ether oxygens (including phenoxy) is 2. The van der Waals surface area contributed by atoms with E-state index < -0.39 is 30.7 Å². The van der Waals surface area contributed by atoms with Gasteiger partial charge in [0, 0.05) is 22.5 Å². The van der Waals surface area contributed by atoms with Crippen molar-refractivity contribution >= 4 is 58.5 Å². The molecule has 0 aliphatic carbocycles. The number of hydrogen-bond donors (Lipinski definition) is 1. The topological polar surface area (TPSA) is 131 Å². The van der Waals surface area contributed by atoms with Gasteiger partial charge in [0.15, 0.2) is 0 Å². The predicted molar refractivity (Wildman–Crippen MR) is 157 cm³/mol. The van der Waals surface area contributed by atoms with Crippen molar-refractivity contribution in [3.8, 4) is 11.5 Å². The van der Waals surface area contributed by atoms with Crippen molar-refractivity contribution in [3.63, 3.8) is 0 Å². The first-order valence-corrected chi connectivity index (χ1v) is 18.0. The van der Waals surface area contributed by atoms with Gasteiger partial charge in [-0.15, -0.1) is 0 Å². The van der Waals surface area contributed by atoms with Crippen LogP contribution in [0.25, 0.3) is 0 Å². The van der Waals surface area contributed by atoms with Crippen LogP contribution in [-0.4, -0.2) is 36.4 Å². The van der Waals surface area contributed by atoms with E-state index in [1.807, 2.05) is 6.07 Å². The quantitative estimate of drug-likeness (QED) is 0.201. The van der Waals surface area contributed by atoms with Gasteiger partial charge in [-0.2, -0.15) is 0 Å². The molecule has 0 saturated carbocycles. The first-order valence-electron chi connectivity index (χ1n) is 11.9. The van der Waals surface area contributed by atoms with Crippen LogP contribution in [0.2, 0.25) is 0 Å². The van der Waals surface area contributed by atoms with Crippen molar-refractivity contribution in [2.45, 2.75) is 59.8 Å². The van der Waals surface area contributed by atoms with Crippen LogP contribution in [0.4, 0.5) is 0 Å². The Bertz CT molecular complexity index is 1080. The molecule has 2 aromatic rings. The average molecular weight is 647 g/mol. The van der Waals surface area contributed by atoms with Crippen LogP contribution >= 0.6 is 46.5 Å². The number of benzene rings is 2. The SMILES string of the molecule is CC(C)OC(=O)[C@H](C)CP(=O)(Cl)Oc1ccccc1.CC(C)OC(=O)[C@H](C)N.O=P(Cl)(Cl)Oc1ccccc1. The van der Waals surface area contributed by atoms with Crippen molar-refractivity contribution in [2.75, 3.05) is 6.16 Å². The van der Waals surface area contributed by atoms with Crippen molar-refractivity contribution in [1.82, 2.24) is 0 Å². The lowest BCUT2D eigenvalue weighted by molar-refractivity contribution is -0.151. The van der Waals surface area contributed by atoms with Gasteiger partial charge in [0.2, 0.25) is 0 Å². The maximum atomic E-state index is 12.1. The van der Waals surface area contributed by atoms with E-state index in [4.69, 9.17) is 53.5 Å². The molecule has 1 unspecified atom stereocenters. The van der Waals surface area contributed by atoms with Crippen LogP contribution in [0.1, 0.15) is 41.5 Å². The summed E-state index contributed by atoms with van der Waals surface area (Å²) >= 11 is 16.2. The van der Waals surface area contributed by atoms with E-state index in [9.17, 15) is 18.7 Å². The number of rotatable bonds is 10. The summed E-state index contributed by atoms with van der Waals surface area (Å²) in [6.45, 7) is 6.92. The zero-order valence-electron chi connectivity index (χ0n) is 22.7. The van der Waals surface area contributed by atoms with E-state index in [2.05, 4.69) is 4.52 Å². The summed E-state index contributed by atoms with van der Waals surface area (Å²) in [7, 11) is 0. The molecule has 2 aromatic carbocycles. The van der Waals surface area contributed by atoms with Crippen molar-refractivity contribution in [3.05, 3.63) is 60.7 Å².